The van der Waals surface area contributed by atoms with Crippen molar-refractivity contribution in [2.45, 2.75) is 13.8 Å². The number of rotatable bonds is 2. The normalized spacial score (nSPS) is 10.9. The second-order valence-electron chi connectivity index (χ2n) is 3.26. The first-order valence-corrected chi connectivity index (χ1v) is 5.15. The lowest BCUT2D eigenvalue weighted by Gasteiger charge is -2.04. The Morgan fingerprint density at radius 3 is 2.50 bits per heavy atom. The van der Waals surface area contributed by atoms with Gasteiger partial charge in [0.05, 0.1) is 5.69 Å². The highest BCUT2D eigenvalue weighted by atomic mass is 32.1. The summed E-state index contributed by atoms with van der Waals surface area (Å²) in [6.07, 6.45) is 3.30. The number of hydrogen-bond acceptors (Lipinski definition) is 3. The molecule has 1 amide bonds. The Hall–Kier alpha value is -1.16. The molecule has 1 aromatic rings. The molecule has 0 aliphatic heterocycles. The van der Waals surface area contributed by atoms with E-state index in [1.807, 2.05) is 13.8 Å². The van der Waals surface area contributed by atoms with Crippen LogP contribution in [0.15, 0.2) is 6.08 Å². The van der Waals surface area contributed by atoms with Gasteiger partial charge in [-0.25, -0.2) is 4.98 Å². The van der Waals surface area contributed by atoms with Crippen molar-refractivity contribution in [2.24, 2.45) is 0 Å². The quantitative estimate of drug-likeness (QED) is 0.698. The second kappa shape index (κ2) is 4.37. The third-order valence-corrected chi connectivity index (χ3v) is 2.89. The number of aromatic nitrogens is 1. The Kier molecular flexibility index (Phi) is 3.41. The Morgan fingerprint density at radius 2 is 2.07 bits per heavy atom. The highest BCUT2D eigenvalue weighted by molar-refractivity contribution is 7.12. The average Bonchev–Trinajstić information content (AvgIpc) is 2.42. The molecule has 0 saturated carbocycles. The van der Waals surface area contributed by atoms with Crippen molar-refractivity contribution < 1.29 is 4.79 Å². The molecule has 0 N–H and O–H groups in total. The van der Waals surface area contributed by atoms with Crippen molar-refractivity contribution in [1.29, 1.82) is 0 Å². The fraction of sp³-hybridized carbons (Fsp3) is 0.400. The van der Waals surface area contributed by atoms with Crippen LogP contribution in [-0.4, -0.2) is 29.9 Å². The topological polar surface area (TPSA) is 33.2 Å². The summed E-state index contributed by atoms with van der Waals surface area (Å²) in [5, 5.41) is 0.884. The minimum atomic E-state index is -0.0180. The van der Waals surface area contributed by atoms with Crippen molar-refractivity contribution in [3.05, 3.63) is 21.7 Å². The Labute approximate surface area is 88.1 Å². The minimum Gasteiger partial charge on any atom is -0.345 e. The summed E-state index contributed by atoms with van der Waals surface area (Å²) in [4.78, 5) is 18.3. The van der Waals surface area contributed by atoms with E-state index < -0.39 is 0 Å². The van der Waals surface area contributed by atoms with Gasteiger partial charge in [0, 0.05) is 25.0 Å². The maximum absolute atomic E-state index is 11.2. The Bertz CT molecular complexity index is 347. The van der Waals surface area contributed by atoms with Gasteiger partial charge in [-0.05, 0) is 19.9 Å². The van der Waals surface area contributed by atoms with E-state index in [4.69, 9.17) is 0 Å². The molecule has 1 aromatic heterocycles. The zero-order valence-corrected chi connectivity index (χ0v) is 9.68. The standard InChI is InChI=1S/C10H14N2OS/c1-7-8(2)14-9(11-7)5-6-10(13)12(3)4/h5-6H,1-4H3/b6-5+. The number of hydrogen-bond donors (Lipinski definition) is 0. The van der Waals surface area contributed by atoms with Crippen molar-refractivity contribution in [3.63, 3.8) is 0 Å². The van der Waals surface area contributed by atoms with Crippen LogP contribution in [0.3, 0.4) is 0 Å². The fourth-order valence-corrected chi connectivity index (χ4v) is 1.69. The molecule has 1 rings (SSSR count). The number of carbonyl (C=O) groups excluding carboxylic acids is 1. The van der Waals surface area contributed by atoms with Gasteiger partial charge in [-0.15, -0.1) is 11.3 Å². The molecule has 0 bridgehead atoms. The monoisotopic (exact) mass is 210 g/mol. The van der Waals surface area contributed by atoms with E-state index in [1.165, 1.54) is 15.9 Å². The van der Waals surface area contributed by atoms with Crippen molar-refractivity contribution >= 4 is 23.3 Å². The van der Waals surface area contributed by atoms with E-state index in [-0.39, 0.29) is 5.91 Å². The smallest absolute Gasteiger partial charge is 0.246 e. The van der Waals surface area contributed by atoms with Gasteiger partial charge in [-0.3, -0.25) is 4.79 Å². The molecule has 0 spiro atoms. The molecular weight excluding hydrogens is 196 g/mol. The van der Waals surface area contributed by atoms with Gasteiger partial charge < -0.3 is 4.90 Å². The molecule has 0 saturated heterocycles. The van der Waals surface area contributed by atoms with Crippen molar-refractivity contribution in [2.75, 3.05) is 14.1 Å². The Balaban J connectivity index is 2.74. The maximum atomic E-state index is 11.2. The molecule has 76 valence electrons. The summed E-state index contributed by atoms with van der Waals surface area (Å²) < 4.78 is 0. The number of likely N-dealkylation sites (N-methyl/N-ethyl adjacent to an activating group) is 1. The van der Waals surface area contributed by atoms with Gasteiger partial charge in [-0.1, -0.05) is 0 Å². The molecule has 0 aliphatic carbocycles. The van der Waals surface area contributed by atoms with Crippen LogP contribution >= 0.6 is 11.3 Å². The van der Waals surface area contributed by atoms with Crippen LogP contribution in [0.5, 0.6) is 0 Å². The molecule has 0 fully saturated rings. The van der Waals surface area contributed by atoms with Crippen LogP contribution in [-0.2, 0) is 4.79 Å². The molecule has 0 unspecified atom stereocenters. The summed E-state index contributed by atoms with van der Waals surface area (Å²) in [7, 11) is 3.45. The van der Waals surface area contributed by atoms with Crippen LogP contribution in [0.4, 0.5) is 0 Å². The van der Waals surface area contributed by atoms with E-state index in [2.05, 4.69) is 4.98 Å². The highest BCUT2D eigenvalue weighted by Crippen LogP contribution is 2.17. The van der Waals surface area contributed by atoms with E-state index in [1.54, 1.807) is 31.5 Å². The molecule has 0 aliphatic rings. The largest absolute Gasteiger partial charge is 0.345 e. The number of nitrogens with zero attached hydrogens (tertiary/aromatic N) is 2. The number of aryl methyl sites for hydroxylation is 2. The summed E-state index contributed by atoms with van der Waals surface area (Å²) in [5.74, 6) is -0.0180. The van der Waals surface area contributed by atoms with Crippen LogP contribution in [0.2, 0.25) is 0 Å². The minimum absolute atomic E-state index is 0.0180. The third kappa shape index (κ3) is 2.67. The van der Waals surface area contributed by atoms with E-state index in [9.17, 15) is 4.79 Å². The van der Waals surface area contributed by atoms with E-state index in [0.29, 0.717) is 0 Å². The second-order valence-corrected chi connectivity index (χ2v) is 4.49. The SMILES string of the molecule is Cc1nc(/C=C/C(=O)N(C)C)sc1C. The number of carbonyl (C=O) groups is 1. The lowest BCUT2D eigenvalue weighted by molar-refractivity contribution is -0.123. The first kappa shape index (κ1) is 10.9. The summed E-state index contributed by atoms with van der Waals surface area (Å²) in [6.45, 7) is 4.00. The van der Waals surface area contributed by atoms with Gasteiger partial charge in [0.25, 0.3) is 0 Å². The van der Waals surface area contributed by atoms with Crippen molar-refractivity contribution in [1.82, 2.24) is 9.88 Å². The predicted octanol–water partition coefficient (Wildman–Crippen LogP) is 1.86. The van der Waals surface area contributed by atoms with Gasteiger partial charge in [0.2, 0.25) is 5.91 Å². The highest BCUT2D eigenvalue weighted by Gasteiger charge is 2.01. The molecule has 3 nitrogen and oxygen atoms in total. The molecule has 0 aromatic carbocycles. The van der Waals surface area contributed by atoms with Gasteiger partial charge in [0.1, 0.15) is 5.01 Å². The Morgan fingerprint density at radius 1 is 1.43 bits per heavy atom. The predicted molar refractivity (Wildman–Crippen MR) is 59.3 cm³/mol. The first-order valence-electron chi connectivity index (χ1n) is 4.34. The van der Waals surface area contributed by atoms with E-state index >= 15 is 0 Å². The van der Waals surface area contributed by atoms with Gasteiger partial charge >= 0.3 is 0 Å². The van der Waals surface area contributed by atoms with Gasteiger partial charge in [-0.2, -0.15) is 0 Å². The molecule has 0 atom stereocenters. The number of thiazole rings is 1. The summed E-state index contributed by atoms with van der Waals surface area (Å²) in [6, 6.07) is 0. The lowest BCUT2D eigenvalue weighted by atomic mass is 10.4. The van der Waals surface area contributed by atoms with Crippen LogP contribution in [0, 0.1) is 13.8 Å². The third-order valence-electron chi connectivity index (χ3n) is 1.85. The first-order chi connectivity index (χ1) is 6.50. The zero-order chi connectivity index (χ0) is 10.7. The molecule has 0 radical (unpaired) electrons. The summed E-state index contributed by atoms with van der Waals surface area (Å²) in [5.41, 5.74) is 1.03. The van der Waals surface area contributed by atoms with Crippen molar-refractivity contribution in [3.8, 4) is 0 Å². The number of amides is 1. The van der Waals surface area contributed by atoms with Crippen LogP contribution < -0.4 is 0 Å². The lowest BCUT2D eigenvalue weighted by Crippen LogP contribution is -2.18. The molecule has 1 heterocycles. The van der Waals surface area contributed by atoms with Crippen LogP contribution in [0.1, 0.15) is 15.6 Å². The molecular formula is C10H14N2OS. The fourth-order valence-electron chi connectivity index (χ4n) is 0.860. The molecule has 4 heteroatoms. The average molecular weight is 210 g/mol. The summed E-state index contributed by atoms with van der Waals surface area (Å²) >= 11 is 1.60. The maximum Gasteiger partial charge on any atom is 0.246 e. The van der Waals surface area contributed by atoms with E-state index in [0.717, 1.165) is 10.7 Å². The molecule has 14 heavy (non-hydrogen) atoms. The van der Waals surface area contributed by atoms with Crippen LogP contribution in [0.25, 0.3) is 6.08 Å². The van der Waals surface area contributed by atoms with Gasteiger partial charge in [0.15, 0.2) is 0 Å². The zero-order valence-electron chi connectivity index (χ0n) is 8.87.